The molecule has 0 unspecified atom stereocenters. The highest BCUT2D eigenvalue weighted by Gasteiger charge is 2.33. The van der Waals surface area contributed by atoms with Gasteiger partial charge in [-0.1, -0.05) is 13.8 Å². The van der Waals surface area contributed by atoms with Crippen molar-refractivity contribution in [1.82, 2.24) is 20.1 Å². The summed E-state index contributed by atoms with van der Waals surface area (Å²) in [6, 6.07) is 1.10. The number of rotatable bonds is 6. The zero-order valence-corrected chi connectivity index (χ0v) is 16.8. The molecule has 1 N–H and O–H groups in total. The van der Waals surface area contributed by atoms with Crippen molar-refractivity contribution in [3.8, 4) is 0 Å². The molecule has 0 spiro atoms. The predicted molar refractivity (Wildman–Crippen MR) is 104 cm³/mol. The number of piperidine rings is 2. The first kappa shape index (κ1) is 18.9. The van der Waals surface area contributed by atoms with Crippen molar-refractivity contribution in [1.29, 1.82) is 0 Å². The zero-order valence-electron chi connectivity index (χ0n) is 16.8. The monoisotopic (exact) mass is 374 g/mol. The molecule has 150 valence electrons. The Morgan fingerprint density at radius 2 is 2.00 bits per heavy atom. The van der Waals surface area contributed by atoms with Crippen molar-refractivity contribution < 1.29 is 9.21 Å². The molecule has 4 rings (SSSR count). The van der Waals surface area contributed by atoms with Crippen LogP contribution in [0.15, 0.2) is 10.7 Å². The van der Waals surface area contributed by atoms with Gasteiger partial charge in [-0.3, -0.25) is 14.6 Å². The van der Waals surface area contributed by atoms with Crippen LogP contribution in [0.4, 0.5) is 0 Å². The molecular weight excluding hydrogens is 340 g/mol. The number of carbonyl (C=O) groups is 1. The Morgan fingerprint density at radius 3 is 2.67 bits per heavy atom. The van der Waals surface area contributed by atoms with Crippen LogP contribution in [0.25, 0.3) is 0 Å². The van der Waals surface area contributed by atoms with Gasteiger partial charge in [-0.2, -0.15) is 0 Å². The first-order valence-electron chi connectivity index (χ1n) is 10.8. The average Bonchev–Trinajstić information content (AvgIpc) is 3.37. The van der Waals surface area contributed by atoms with Crippen molar-refractivity contribution in [3.05, 3.63) is 17.8 Å². The minimum Gasteiger partial charge on any atom is -0.448 e. The summed E-state index contributed by atoms with van der Waals surface area (Å²) in [6.07, 6.45) is 8.74. The molecule has 3 fully saturated rings. The third kappa shape index (κ3) is 4.91. The predicted octanol–water partition coefficient (Wildman–Crippen LogP) is 2.75. The van der Waals surface area contributed by atoms with Crippen molar-refractivity contribution in [2.24, 2.45) is 5.92 Å². The van der Waals surface area contributed by atoms with E-state index in [1.807, 2.05) is 6.26 Å². The van der Waals surface area contributed by atoms with Crippen molar-refractivity contribution in [3.63, 3.8) is 0 Å². The third-order valence-electron chi connectivity index (χ3n) is 6.27. The minimum absolute atomic E-state index is 0.196. The van der Waals surface area contributed by atoms with Gasteiger partial charge in [-0.15, -0.1) is 0 Å². The molecule has 1 aromatic heterocycles. The van der Waals surface area contributed by atoms with Gasteiger partial charge < -0.3 is 9.73 Å². The summed E-state index contributed by atoms with van der Waals surface area (Å²) in [7, 11) is 0. The number of nitrogens with one attached hydrogen (secondary N) is 1. The maximum atomic E-state index is 12.4. The van der Waals surface area contributed by atoms with Gasteiger partial charge >= 0.3 is 0 Å². The van der Waals surface area contributed by atoms with E-state index in [1.165, 1.54) is 25.7 Å². The molecule has 6 nitrogen and oxygen atoms in total. The van der Waals surface area contributed by atoms with E-state index in [1.54, 1.807) is 0 Å². The Hall–Kier alpha value is -1.40. The number of amides is 1. The Morgan fingerprint density at radius 1 is 1.22 bits per heavy atom. The van der Waals surface area contributed by atoms with Gasteiger partial charge in [0.25, 0.3) is 0 Å². The summed E-state index contributed by atoms with van der Waals surface area (Å²) in [5.41, 5.74) is 1.05. The summed E-state index contributed by atoms with van der Waals surface area (Å²) in [4.78, 5) is 22.1. The van der Waals surface area contributed by atoms with E-state index in [-0.39, 0.29) is 5.92 Å². The molecule has 27 heavy (non-hydrogen) atoms. The molecule has 0 aromatic carbocycles. The lowest BCUT2D eigenvalue weighted by atomic mass is 9.93. The van der Waals surface area contributed by atoms with Gasteiger partial charge in [0.1, 0.15) is 6.26 Å². The standard InChI is InChI=1S/C21H34N4O2/c1-15(2)21-23-18(14-27-21)13-24-10-7-19(8-11-24)25-9-3-4-16(12-25)20(26)22-17-5-6-17/h14-17,19H,3-13H2,1-2H3,(H,22,26)/t16-/m1/s1. The number of nitrogens with zero attached hydrogens (tertiary/aromatic N) is 3. The number of oxazole rings is 1. The Balaban J connectivity index is 1.23. The van der Waals surface area contributed by atoms with E-state index in [2.05, 4.69) is 33.9 Å². The molecule has 1 saturated carbocycles. The van der Waals surface area contributed by atoms with Gasteiger partial charge in [0.2, 0.25) is 5.91 Å². The number of hydrogen-bond acceptors (Lipinski definition) is 5. The molecule has 1 aromatic rings. The van der Waals surface area contributed by atoms with Crippen LogP contribution in [-0.2, 0) is 11.3 Å². The SMILES string of the molecule is CC(C)c1nc(CN2CCC(N3CCC[C@@H](C(=O)NC4CC4)C3)CC2)co1. The van der Waals surface area contributed by atoms with E-state index in [9.17, 15) is 4.79 Å². The fourth-order valence-electron chi connectivity index (χ4n) is 4.43. The molecule has 3 aliphatic rings. The summed E-state index contributed by atoms with van der Waals surface area (Å²) in [5, 5.41) is 3.20. The highest BCUT2D eigenvalue weighted by molar-refractivity contribution is 5.79. The fraction of sp³-hybridized carbons (Fsp3) is 0.810. The Kier molecular flexibility index (Phi) is 5.83. The Labute approximate surface area is 162 Å². The van der Waals surface area contributed by atoms with Crippen molar-refractivity contribution >= 4 is 5.91 Å². The maximum Gasteiger partial charge on any atom is 0.224 e. The van der Waals surface area contributed by atoms with Crippen LogP contribution in [-0.4, -0.2) is 59.0 Å². The van der Waals surface area contributed by atoms with Gasteiger partial charge in [-0.25, -0.2) is 4.98 Å². The van der Waals surface area contributed by atoms with Gasteiger partial charge in [0, 0.05) is 44.2 Å². The molecule has 1 atom stereocenters. The summed E-state index contributed by atoms with van der Waals surface area (Å²) in [5.74, 6) is 1.67. The average molecular weight is 375 g/mol. The van der Waals surface area contributed by atoms with E-state index < -0.39 is 0 Å². The first-order valence-corrected chi connectivity index (χ1v) is 10.8. The quantitative estimate of drug-likeness (QED) is 0.830. The van der Waals surface area contributed by atoms with E-state index >= 15 is 0 Å². The highest BCUT2D eigenvalue weighted by atomic mass is 16.3. The van der Waals surface area contributed by atoms with Crippen molar-refractivity contribution in [2.75, 3.05) is 26.2 Å². The second kappa shape index (κ2) is 8.31. The van der Waals surface area contributed by atoms with Crippen LogP contribution >= 0.6 is 0 Å². The number of carbonyl (C=O) groups excluding carboxylic acids is 1. The lowest BCUT2D eigenvalue weighted by Gasteiger charge is -2.42. The molecule has 6 heteroatoms. The minimum atomic E-state index is 0.196. The third-order valence-corrected chi connectivity index (χ3v) is 6.27. The van der Waals surface area contributed by atoms with Crippen LogP contribution in [0.5, 0.6) is 0 Å². The fourth-order valence-corrected chi connectivity index (χ4v) is 4.43. The number of likely N-dealkylation sites (tertiary alicyclic amines) is 2. The van der Waals surface area contributed by atoms with E-state index in [0.717, 1.165) is 57.2 Å². The Bertz CT molecular complexity index is 632. The summed E-state index contributed by atoms with van der Waals surface area (Å²) in [6.45, 7) is 9.41. The summed E-state index contributed by atoms with van der Waals surface area (Å²) < 4.78 is 5.57. The maximum absolute atomic E-state index is 12.4. The van der Waals surface area contributed by atoms with Crippen LogP contribution in [0, 0.1) is 5.92 Å². The largest absolute Gasteiger partial charge is 0.448 e. The highest BCUT2D eigenvalue weighted by Crippen LogP contribution is 2.26. The van der Waals surface area contributed by atoms with Crippen LogP contribution in [0.2, 0.25) is 0 Å². The van der Waals surface area contributed by atoms with Gasteiger partial charge in [0.15, 0.2) is 5.89 Å². The molecule has 0 bridgehead atoms. The van der Waals surface area contributed by atoms with Gasteiger partial charge in [0.05, 0.1) is 11.6 Å². The van der Waals surface area contributed by atoms with Crippen LogP contribution in [0.3, 0.4) is 0 Å². The lowest BCUT2D eigenvalue weighted by molar-refractivity contribution is -0.127. The molecule has 2 aliphatic heterocycles. The molecule has 1 aliphatic carbocycles. The zero-order chi connectivity index (χ0) is 18.8. The molecular formula is C21H34N4O2. The molecule has 2 saturated heterocycles. The van der Waals surface area contributed by atoms with E-state index in [0.29, 0.717) is 23.9 Å². The molecule has 1 amide bonds. The number of hydrogen-bond donors (Lipinski definition) is 1. The topological polar surface area (TPSA) is 61.6 Å². The van der Waals surface area contributed by atoms with E-state index in [4.69, 9.17) is 4.42 Å². The van der Waals surface area contributed by atoms with Crippen LogP contribution in [0.1, 0.15) is 69.9 Å². The first-order chi connectivity index (χ1) is 13.1. The summed E-state index contributed by atoms with van der Waals surface area (Å²) >= 11 is 0. The normalized spacial score (nSPS) is 25.8. The second-order valence-corrected chi connectivity index (χ2v) is 8.96. The van der Waals surface area contributed by atoms with Crippen LogP contribution < -0.4 is 5.32 Å². The lowest BCUT2D eigenvalue weighted by Crippen LogP contribution is -2.50. The molecule has 3 heterocycles. The number of aromatic nitrogens is 1. The molecule has 0 radical (unpaired) electrons. The van der Waals surface area contributed by atoms with Crippen molar-refractivity contribution in [2.45, 2.75) is 76.9 Å². The smallest absolute Gasteiger partial charge is 0.224 e. The second-order valence-electron chi connectivity index (χ2n) is 8.96. The van der Waals surface area contributed by atoms with Gasteiger partial charge in [-0.05, 0) is 45.1 Å².